The van der Waals surface area contributed by atoms with Crippen molar-refractivity contribution in [3.05, 3.63) is 79.3 Å². The molecule has 9 heteroatoms. The van der Waals surface area contributed by atoms with Crippen molar-refractivity contribution in [1.29, 1.82) is 0 Å². The lowest BCUT2D eigenvalue weighted by Gasteiger charge is -2.24. The molecule has 0 saturated carbocycles. The van der Waals surface area contributed by atoms with Crippen molar-refractivity contribution in [3.8, 4) is 0 Å². The number of hydrogen-bond acceptors (Lipinski definition) is 3. The number of benzene rings is 2. The Morgan fingerprint density at radius 3 is 2.29 bits per heavy atom. The van der Waals surface area contributed by atoms with E-state index in [0.29, 0.717) is 20.6 Å². The number of alkyl halides is 2. The van der Waals surface area contributed by atoms with Crippen LogP contribution in [0, 0.1) is 10.1 Å². The molecule has 0 aromatic heterocycles. The highest BCUT2D eigenvalue weighted by Crippen LogP contribution is 2.37. The Morgan fingerprint density at radius 2 is 1.75 bits per heavy atom. The van der Waals surface area contributed by atoms with Gasteiger partial charge in [0.15, 0.2) is 6.04 Å². The Bertz CT molecular complexity index is 769. The zero-order valence-corrected chi connectivity index (χ0v) is 15.7. The maximum atomic E-state index is 12.5. The average molecular weight is 453 g/mol. The molecule has 2 aromatic carbocycles. The second-order valence-electron chi connectivity index (χ2n) is 4.78. The second kappa shape index (κ2) is 7.70. The summed E-state index contributed by atoms with van der Waals surface area (Å²) in [5, 5.41) is 14.2. The third-order valence-corrected chi connectivity index (χ3v) is 4.84. The Morgan fingerprint density at radius 1 is 1.17 bits per heavy atom. The molecule has 0 fully saturated rings. The van der Waals surface area contributed by atoms with E-state index in [1.54, 1.807) is 24.3 Å². The van der Waals surface area contributed by atoms with E-state index in [1.807, 2.05) is 0 Å². The third kappa shape index (κ3) is 4.19. The first-order chi connectivity index (χ1) is 11.2. The van der Waals surface area contributed by atoms with Crippen LogP contribution in [-0.2, 0) is 0 Å². The van der Waals surface area contributed by atoms with Crippen molar-refractivity contribution in [2.75, 3.05) is 0 Å². The Balaban J connectivity index is 2.40. The summed E-state index contributed by atoms with van der Waals surface area (Å²) >= 11 is 20.9. The Kier molecular flexibility index (Phi) is 6.09. The van der Waals surface area contributed by atoms with E-state index in [0.717, 1.165) is 0 Å². The number of carbonyl (C=O) groups excluding carboxylic acids is 1. The van der Waals surface area contributed by atoms with Gasteiger partial charge in [0, 0.05) is 9.50 Å². The van der Waals surface area contributed by atoms with Gasteiger partial charge < -0.3 is 5.32 Å². The van der Waals surface area contributed by atoms with Gasteiger partial charge in [0.2, 0.25) is 0 Å². The normalized spacial score (nSPS) is 12.5. The molecule has 24 heavy (non-hydrogen) atoms. The molecule has 0 heterocycles. The lowest BCUT2D eigenvalue weighted by molar-refractivity contribution is -0.521. The molecule has 2 aromatic rings. The van der Waals surface area contributed by atoms with Gasteiger partial charge >= 0.3 is 4.46 Å². The minimum atomic E-state index is -2.45. The fraction of sp³-hybridized carbons (Fsp3) is 0.133. The smallest absolute Gasteiger partial charge is 0.336 e. The summed E-state index contributed by atoms with van der Waals surface area (Å²) in [4.78, 5) is 22.9. The molecule has 2 rings (SSSR count). The molecule has 1 N–H and O–H groups in total. The topological polar surface area (TPSA) is 72.2 Å². The minimum absolute atomic E-state index is 0.295. The van der Waals surface area contributed by atoms with Gasteiger partial charge in [-0.15, -0.1) is 0 Å². The van der Waals surface area contributed by atoms with E-state index in [2.05, 4.69) is 21.2 Å². The SMILES string of the molecule is O=C(NC(c1ccc(Cl)cc1)C(Cl)(Cl)[N+](=O)[O-])c1ccccc1Br. The summed E-state index contributed by atoms with van der Waals surface area (Å²) in [7, 11) is 0. The highest BCUT2D eigenvalue weighted by atomic mass is 79.9. The van der Waals surface area contributed by atoms with Crippen LogP contribution >= 0.6 is 50.7 Å². The number of rotatable bonds is 5. The summed E-state index contributed by atoms with van der Waals surface area (Å²) in [5.41, 5.74) is 0.644. The van der Waals surface area contributed by atoms with Gasteiger partial charge in [-0.1, -0.05) is 35.9 Å². The summed E-state index contributed by atoms with van der Waals surface area (Å²) in [6.45, 7) is 0. The molecule has 0 spiro atoms. The van der Waals surface area contributed by atoms with Crippen LogP contribution in [0.15, 0.2) is 53.0 Å². The van der Waals surface area contributed by atoms with E-state index >= 15 is 0 Å². The van der Waals surface area contributed by atoms with Crippen molar-refractivity contribution in [1.82, 2.24) is 5.32 Å². The van der Waals surface area contributed by atoms with Gasteiger partial charge in [-0.25, -0.2) is 0 Å². The number of amides is 1. The summed E-state index contributed by atoms with van der Waals surface area (Å²) in [5.74, 6) is -0.560. The minimum Gasteiger partial charge on any atom is -0.336 e. The van der Waals surface area contributed by atoms with Crippen molar-refractivity contribution < 1.29 is 9.72 Å². The number of nitrogens with one attached hydrogen (secondary N) is 1. The largest absolute Gasteiger partial charge is 0.394 e. The number of hydrogen-bond donors (Lipinski definition) is 1. The predicted molar refractivity (Wildman–Crippen MR) is 97.2 cm³/mol. The van der Waals surface area contributed by atoms with E-state index in [-0.39, 0.29) is 0 Å². The molecular weight excluding hydrogens is 442 g/mol. The summed E-state index contributed by atoms with van der Waals surface area (Å²) in [6, 6.07) is 11.4. The molecule has 5 nitrogen and oxygen atoms in total. The lowest BCUT2D eigenvalue weighted by atomic mass is 10.1. The summed E-state index contributed by atoms with van der Waals surface area (Å²) in [6.07, 6.45) is 0. The van der Waals surface area contributed by atoms with E-state index in [9.17, 15) is 14.9 Å². The standard InChI is InChI=1S/C15H10BrCl3N2O3/c16-12-4-2-1-3-11(12)14(22)20-13(15(18,19)21(23)24)9-5-7-10(17)8-6-9/h1-8,13H,(H,20,22). The molecule has 126 valence electrons. The molecule has 0 radical (unpaired) electrons. The second-order valence-corrected chi connectivity index (χ2v) is 7.42. The van der Waals surface area contributed by atoms with Crippen LogP contribution in [-0.4, -0.2) is 15.3 Å². The van der Waals surface area contributed by atoms with Crippen LogP contribution in [0.2, 0.25) is 5.02 Å². The predicted octanol–water partition coefficient (Wildman–Crippen LogP) is 4.98. The Hall–Kier alpha value is -1.34. The van der Waals surface area contributed by atoms with Gasteiger partial charge in [-0.05, 0) is 69.0 Å². The quantitative estimate of drug-likeness (QED) is 0.301. The molecule has 0 aliphatic heterocycles. The fourth-order valence-corrected chi connectivity index (χ4v) is 2.94. The van der Waals surface area contributed by atoms with Crippen LogP contribution < -0.4 is 5.32 Å². The molecule has 1 amide bonds. The van der Waals surface area contributed by atoms with Crippen molar-refractivity contribution >= 4 is 56.6 Å². The van der Waals surface area contributed by atoms with Crippen molar-refractivity contribution in [2.24, 2.45) is 0 Å². The van der Waals surface area contributed by atoms with E-state index in [1.165, 1.54) is 24.3 Å². The number of carbonyl (C=O) groups is 1. The third-order valence-electron chi connectivity index (χ3n) is 3.19. The molecular formula is C15H10BrCl3N2O3. The molecule has 0 bridgehead atoms. The van der Waals surface area contributed by atoms with E-state index in [4.69, 9.17) is 34.8 Å². The molecule has 0 aliphatic rings. The first kappa shape index (κ1) is 19.0. The van der Waals surface area contributed by atoms with Gasteiger partial charge in [0.25, 0.3) is 5.91 Å². The monoisotopic (exact) mass is 450 g/mol. The number of nitrogens with zero attached hydrogens (tertiary/aromatic N) is 1. The van der Waals surface area contributed by atoms with Crippen LogP contribution in [0.25, 0.3) is 0 Å². The van der Waals surface area contributed by atoms with E-state index < -0.39 is 21.3 Å². The highest BCUT2D eigenvalue weighted by molar-refractivity contribution is 9.10. The molecule has 0 saturated heterocycles. The van der Waals surface area contributed by atoms with Crippen molar-refractivity contribution in [2.45, 2.75) is 10.5 Å². The first-order valence-corrected chi connectivity index (χ1v) is 8.49. The molecule has 0 aliphatic carbocycles. The van der Waals surface area contributed by atoms with Crippen LogP contribution in [0.5, 0.6) is 0 Å². The summed E-state index contributed by atoms with van der Waals surface area (Å²) < 4.78 is -1.92. The number of nitro groups is 1. The van der Waals surface area contributed by atoms with Crippen LogP contribution in [0.4, 0.5) is 0 Å². The molecule has 1 atom stereocenters. The maximum Gasteiger partial charge on any atom is 0.394 e. The van der Waals surface area contributed by atoms with Gasteiger partial charge in [-0.2, -0.15) is 0 Å². The average Bonchev–Trinajstić information content (AvgIpc) is 2.53. The highest BCUT2D eigenvalue weighted by Gasteiger charge is 2.49. The Labute approximate surface area is 161 Å². The number of halogens is 4. The van der Waals surface area contributed by atoms with Gasteiger partial charge in [0.05, 0.1) is 10.5 Å². The lowest BCUT2D eigenvalue weighted by Crippen LogP contribution is -2.44. The fourth-order valence-electron chi connectivity index (χ4n) is 1.99. The van der Waals surface area contributed by atoms with Crippen LogP contribution in [0.3, 0.4) is 0 Å². The zero-order valence-electron chi connectivity index (χ0n) is 11.9. The maximum absolute atomic E-state index is 12.5. The molecule has 1 unspecified atom stereocenters. The first-order valence-electron chi connectivity index (χ1n) is 6.56. The van der Waals surface area contributed by atoms with Gasteiger partial charge in [-0.3, -0.25) is 14.9 Å². The van der Waals surface area contributed by atoms with Gasteiger partial charge in [0.1, 0.15) is 0 Å². The van der Waals surface area contributed by atoms with Crippen LogP contribution in [0.1, 0.15) is 22.0 Å². The van der Waals surface area contributed by atoms with Crippen molar-refractivity contribution in [3.63, 3.8) is 0 Å². The zero-order chi connectivity index (χ0) is 17.9.